The average molecular weight is 298 g/mol. The summed E-state index contributed by atoms with van der Waals surface area (Å²) in [5.41, 5.74) is 0. The van der Waals surface area contributed by atoms with Gasteiger partial charge < -0.3 is 10.2 Å². The van der Waals surface area contributed by atoms with Crippen LogP contribution in [0.15, 0.2) is 12.2 Å². The Morgan fingerprint density at radius 2 is 1.81 bits per heavy atom. The number of carboxylic acids is 1. The molecular weight excluding hydrogens is 264 g/mol. The molecule has 0 radical (unpaired) electrons. The van der Waals surface area contributed by atoms with Crippen LogP contribution in [-0.2, 0) is 4.79 Å². The molecule has 124 valence electrons. The molecule has 0 bridgehead atoms. The summed E-state index contributed by atoms with van der Waals surface area (Å²) < 4.78 is 0. The zero-order valence-corrected chi connectivity index (χ0v) is 14.1. The van der Waals surface area contributed by atoms with Gasteiger partial charge in [0, 0.05) is 6.42 Å². The van der Waals surface area contributed by atoms with Crippen LogP contribution in [0.3, 0.4) is 0 Å². The smallest absolute Gasteiger partial charge is 0.303 e. The lowest BCUT2D eigenvalue weighted by atomic mass is 9.97. The summed E-state index contributed by atoms with van der Waals surface area (Å²) in [7, 11) is 0. The van der Waals surface area contributed by atoms with E-state index in [0.29, 0.717) is 6.42 Å². The molecule has 0 fully saturated rings. The van der Waals surface area contributed by atoms with Gasteiger partial charge in [-0.25, -0.2) is 0 Å². The minimum Gasteiger partial charge on any atom is -0.481 e. The molecule has 3 unspecified atom stereocenters. The Bertz CT molecular complexity index is 286. The van der Waals surface area contributed by atoms with Gasteiger partial charge >= 0.3 is 5.97 Å². The molecule has 0 aliphatic heterocycles. The summed E-state index contributed by atoms with van der Waals surface area (Å²) in [5, 5.41) is 18.6. The van der Waals surface area contributed by atoms with Crippen LogP contribution in [0.4, 0.5) is 0 Å². The predicted molar refractivity (Wildman–Crippen MR) is 88.3 cm³/mol. The number of aliphatic hydroxyl groups excluding tert-OH is 1. The van der Waals surface area contributed by atoms with E-state index in [4.69, 9.17) is 5.11 Å². The largest absolute Gasteiger partial charge is 0.481 e. The Morgan fingerprint density at radius 1 is 1.10 bits per heavy atom. The fraction of sp³-hybridized carbons (Fsp3) is 0.833. The van der Waals surface area contributed by atoms with Crippen LogP contribution in [-0.4, -0.2) is 22.3 Å². The number of carbonyl (C=O) groups is 1. The van der Waals surface area contributed by atoms with Crippen molar-refractivity contribution in [2.75, 3.05) is 0 Å². The van der Waals surface area contributed by atoms with E-state index in [9.17, 15) is 9.90 Å². The third-order valence-electron chi connectivity index (χ3n) is 4.20. The van der Waals surface area contributed by atoms with Crippen molar-refractivity contribution in [2.45, 2.75) is 84.7 Å². The number of aliphatic carboxylic acids is 1. The van der Waals surface area contributed by atoms with E-state index in [0.717, 1.165) is 31.6 Å². The van der Waals surface area contributed by atoms with Crippen LogP contribution in [0.1, 0.15) is 78.6 Å². The average Bonchev–Trinajstić information content (AvgIpc) is 2.45. The second-order valence-corrected chi connectivity index (χ2v) is 6.29. The van der Waals surface area contributed by atoms with E-state index in [1.54, 1.807) is 0 Å². The van der Waals surface area contributed by atoms with Crippen molar-refractivity contribution in [3.63, 3.8) is 0 Å². The lowest BCUT2D eigenvalue weighted by molar-refractivity contribution is -0.137. The first-order chi connectivity index (χ1) is 9.97. The summed E-state index contributed by atoms with van der Waals surface area (Å²) in [5.74, 6) is 0.268. The third kappa shape index (κ3) is 12.6. The number of hydrogen-bond acceptors (Lipinski definition) is 2. The summed E-state index contributed by atoms with van der Waals surface area (Å²) in [6.45, 7) is 6.57. The molecule has 2 N–H and O–H groups in total. The minimum absolute atomic E-state index is 0.188. The standard InChI is InChI=1S/C18H34O3/c1-4-15(2)11-7-5-8-12-16(3)17(19)13-9-6-10-14-18(20)21/h8,12,15-17,19H,4-7,9-11,13-14H2,1-3H3,(H,20,21)/b12-8-. The SMILES string of the molecule is CCC(C)CCC/C=C\C(C)C(O)CCCCCC(=O)O. The summed E-state index contributed by atoms with van der Waals surface area (Å²) in [4.78, 5) is 10.4. The topological polar surface area (TPSA) is 57.5 Å². The van der Waals surface area contributed by atoms with Crippen LogP contribution >= 0.6 is 0 Å². The van der Waals surface area contributed by atoms with E-state index in [1.807, 2.05) is 6.92 Å². The van der Waals surface area contributed by atoms with Crippen LogP contribution < -0.4 is 0 Å². The molecule has 3 heteroatoms. The number of rotatable bonds is 13. The molecule has 0 aromatic heterocycles. The van der Waals surface area contributed by atoms with Crippen LogP contribution in [0, 0.1) is 11.8 Å². The first kappa shape index (κ1) is 20.2. The van der Waals surface area contributed by atoms with E-state index >= 15 is 0 Å². The lowest BCUT2D eigenvalue weighted by Crippen LogP contribution is -2.15. The second kappa shape index (κ2) is 12.9. The van der Waals surface area contributed by atoms with Crippen molar-refractivity contribution in [1.29, 1.82) is 0 Å². The Kier molecular flexibility index (Phi) is 12.4. The van der Waals surface area contributed by atoms with Crippen molar-refractivity contribution in [3.05, 3.63) is 12.2 Å². The second-order valence-electron chi connectivity index (χ2n) is 6.29. The quantitative estimate of drug-likeness (QED) is 0.379. The Morgan fingerprint density at radius 3 is 2.43 bits per heavy atom. The number of allylic oxidation sites excluding steroid dienone is 1. The molecule has 0 saturated carbocycles. The predicted octanol–water partition coefficient (Wildman–Crippen LogP) is 4.79. The molecule has 0 aliphatic carbocycles. The van der Waals surface area contributed by atoms with Gasteiger partial charge in [-0.2, -0.15) is 0 Å². The van der Waals surface area contributed by atoms with Crippen LogP contribution in [0.2, 0.25) is 0 Å². The zero-order valence-electron chi connectivity index (χ0n) is 14.1. The van der Waals surface area contributed by atoms with E-state index in [2.05, 4.69) is 26.0 Å². The molecular formula is C18H34O3. The van der Waals surface area contributed by atoms with Gasteiger partial charge in [0.05, 0.1) is 6.10 Å². The molecule has 3 nitrogen and oxygen atoms in total. The maximum Gasteiger partial charge on any atom is 0.303 e. The van der Waals surface area contributed by atoms with Crippen molar-refractivity contribution >= 4 is 5.97 Å². The van der Waals surface area contributed by atoms with E-state index in [1.165, 1.54) is 19.3 Å². The van der Waals surface area contributed by atoms with Gasteiger partial charge in [-0.1, -0.05) is 58.6 Å². The van der Waals surface area contributed by atoms with Gasteiger partial charge in [0.1, 0.15) is 0 Å². The minimum atomic E-state index is -0.732. The lowest BCUT2D eigenvalue weighted by Gasteiger charge is -2.15. The highest BCUT2D eigenvalue weighted by molar-refractivity contribution is 5.66. The van der Waals surface area contributed by atoms with Gasteiger partial charge in [0.25, 0.3) is 0 Å². The molecule has 0 aromatic carbocycles. The maximum atomic E-state index is 10.4. The van der Waals surface area contributed by atoms with Crippen molar-refractivity contribution in [3.8, 4) is 0 Å². The molecule has 0 aromatic rings. The fourth-order valence-electron chi connectivity index (χ4n) is 2.30. The van der Waals surface area contributed by atoms with Crippen molar-refractivity contribution < 1.29 is 15.0 Å². The van der Waals surface area contributed by atoms with Gasteiger partial charge in [-0.15, -0.1) is 0 Å². The highest BCUT2D eigenvalue weighted by Gasteiger charge is 2.10. The molecule has 0 amide bonds. The first-order valence-corrected chi connectivity index (χ1v) is 8.53. The summed E-state index contributed by atoms with van der Waals surface area (Å²) in [6, 6.07) is 0. The first-order valence-electron chi connectivity index (χ1n) is 8.53. The monoisotopic (exact) mass is 298 g/mol. The van der Waals surface area contributed by atoms with Crippen LogP contribution in [0.5, 0.6) is 0 Å². The van der Waals surface area contributed by atoms with Gasteiger partial charge in [0.15, 0.2) is 0 Å². The fourth-order valence-corrected chi connectivity index (χ4v) is 2.30. The molecule has 0 saturated heterocycles. The molecule has 0 aliphatic rings. The number of carboxylic acid groups (broad SMARTS) is 1. The highest BCUT2D eigenvalue weighted by atomic mass is 16.4. The summed E-state index contributed by atoms with van der Waals surface area (Å²) in [6.07, 6.45) is 12.4. The normalized spacial score (nSPS) is 16.0. The Labute approximate surface area is 130 Å². The van der Waals surface area contributed by atoms with Crippen molar-refractivity contribution in [2.24, 2.45) is 11.8 Å². The Hall–Kier alpha value is -0.830. The molecule has 21 heavy (non-hydrogen) atoms. The van der Waals surface area contributed by atoms with Crippen molar-refractivity contribution in [1.82, 2.24) is 0 Å². The van der Waals surface area contributed by atoms with Crippen LogP contribution in [0.25, 0.3) is 0 Å². The zero-order chi connectivity index (χ0) is 16.1. The number of aliphatic hydroxyl groups is 1. The number of unbranched alkanes of at least 4 members (excludes halogenated alkanes) is 3. The third-order valence-corrected chi connectivity index (χ3v) is 4.20. The molecule has 0 heterocycles. The Balaban J connectivity index is 3.64. The number of hydrogen-bond donors (Lipinski definition) is 2. The van der Waals surface area contributed by atoms with E-state index < -0.39 is 5.97 Å². The molecule has 3 atom stereocenters. The van der Waals surface area contributed by atoms with Gasteiger partial charge in [0.2, 0.25) is 0 Å². The van der Waals surface area contributed by atoms with E-state index in [-0.39, 0.29) is 18.4 Å². The molecule has 0 rings (SSSR count). The van der Waals surface area contributed by atoms with Gasteiger partial charge in [-0.3, -0.25) is 4.79 Å². The van der Waals surface area contributed by atoms with Gasteiger partial charge in [-0.05, 0) is 37.5 Å². The maximum absolute atomic E-state index is 10.4. The highest BCUT2D eigenvalue weighted by Crippen LogP contribution is 2.15. The molecule has 0 spiro atoms. The summed E-state index contributed by atoms with van der Waals surface area (Å²) >= 11 is 0.